The standard InChI is InChI=1S/C12H17Cl2N/c1-12(2,15-3)7-6-9-4-5-10(13)8-11(9)14/h4-5,8,15H,6-7H2,1-3H3. The number of benzene rings is 1. The van der Waals surface area contributed by atoms with Crippen LogP contribution in [-0.2, 0) is 6.42 Å². The van der Waals surface area contributed by atoms with E-state index < -0.39 is 0 Å². The van der Waals surface area contributed by atoms with Crippen LogP contribution in [0.15, 0.2) is 18.2 Å². The Morgan fingerprint density at radius 2 is 1.93 bits per heavy atom. The molecule has 1 rings (SSSR count). The second kappa shape index (κ2) is 5.20. The summed E-state index contributed by atoms with van der Waals surface area (Å²) in [6.45, 7) is 4.35. The fraction of sp³-hybridized carbons (Fsp3) is 0.500. The lowest BCUT2D eigenvalue weighted by Gasteiger charge is -2.24. The lowest BCUT2D eigenvalue weighted by molar-refractivity contribution is 0.394. The zero-order valence-electron chi connectivity index (χ0n) is 9.40. The molecule has 0 saturated carbocycles. The molecule has 0 fully saturated rings. The summed E-state index contributed by atoms with van der Waals surface area (Å²) in [4.78, 5) is 0. The van der Waals surface area contributed by atoms with Crippen molar-refractivity contribution in [2.24, 2.45) is 0 Å². The van der Waals surface area contributed by atoms with Crippen molar-refractivity contribution in [3.05, 3.63) is 33.8 Å². The lowest BCUT2D eigenvalue weighted by atomic mass is 9.95. The average Bonchev–Trinajstić information content (AvgIpc) is 2.16. The molecular weight excluding hydrogens is 229 g/mol. The molecule has 0 saturated heterocycles. The van der Waals surface area contributed by atoms with Crippen molar-refractivity contribution in [2.75, 3.05) is 7.05 Å². The normalized spacial score (nSPS) is 11.8. The van der Waals surface area contributed by atoms with Crippen LogP contribution in [0, 0.1) is 0 Å². The smallest absolute Gasteiger partial charge is 0.0452 e. The van der Waals surface area contributed by atoms with Crippen molar-refractivity contribution in [1.82, 2.24) is 5.32 Å². The van der Waals surface area contributed by atoms with Crippen LogP contribution in [0.5, 0.6) is 0 Å². The Morgan fingerprint density at radius 3 is 2.47 bits per heavy atom. The first-order chi connectivity index (χ1) is 6.94. The van der Waals surface area contributed by atoms with E-state index in [-0.39, 0.29) is 5.54 Å². The quantitative estimate of drug-likeness (QED) is 0.848. The van der Waals surface area contributed by atoms with E-state index in [1.165, 1.54) is 0 Å². The molecule has 0 unspecified atom stereocenters. The Hall–Kier alpha value is -0.240. The molecule has 0 amide bonds. The summed E-state index contributed by atoms with van der Waals surface area (Å²) in [5.74, 6) is 0. The maximum absolute atomic E-state index is 6.10. The molecule has 0 bridgehead atoms. The summed E-state index contributed by atoms with van der Waals surface area (Å²) in [5.41, 5.74) is 1.30. The van der Waals surface area contributed by atoms with Crippen molar-refractivity contribution in [3.8, 4) is 0 Å². The van der Waals surface area contributed by atoms with Crippen LogP contribution >= 0.6 is 23.2 Å². The molecule has 0 heterocycles. The van der Waals surface area contributed by atoms with Crippen molar-refractivity contribution >= 4 is 23.2 Å². The van der Waals surface area contributed by atoms with Gasteiger partial charge in [0, 0.05) is 15.6 Å². The van der Waals surface area contributed by atoms with Crippen LogP contribution in [-0.4, -0.2) is 12.6 Å². The van der Waals surface area contributed by atoms with Crippen LogP contribution in [0.2, 0.25) is 10.0 Å². The Labute approximate surface area is 102 Å². The highest BCUT2D eigenvalue weighted by Crippen LogP contribution is 2.23. The minimum absolute atomic E-state index is 0.142. The molecular formula is C12H17Cl2N. The van der Waals surface area contributed by atoms with Gasteiger partial charge in [-0.25, -0.2) is 0 Å². The summed E-state index contributed by atoms with van der Waals surface area (Å²) in [7, 11) is 1.98. The van der Waals surface area contributed by atoms with E-state index in [4.69, 9.17) is 23.2 Å². The molecule has 0 aromatic heterocycles. The molecule has 0 atom stereocenters. The van der Waals surface area contributed by atoms with Crippen LogP contribution in [0.3, 0.4) is 0 Å². The molecule has 0 radical (unpaired) electrons. The van der Waals surface area contributed by atoms with E-state index in [0.717, 1.165) is 23.4 Å². The molecule has 1 aromatic rings. The number of halogens is 2. The van der Waals surface area contributed by atoms with E-state index in [1.807, 2.05) is 19.2 Å². The molecule has 0 aliphatic carbocycles. The Balaban J connectivity index is 2.66. The first kappa shape index (κ1) is 12.8. The van der Waals surface area contributed by atoms with Gasteiger partial charge >= 0.3 is 0 Å². The molecule has 0 spiro atoms. The second-order valence-corrected chi connectivity index (χ2v) is 5.21. The van der Waals surface area contributed by atoms with Crippen molar-refractivity contribution in [3.63, 3.8) is 0 Å². The molecule has 0 aliphatic heterocycles. The highest BCUT2D eigenvalue weighted by atomic mass is 35.5. The van der Waals surface area contributed by atoms with Gasteiger partial charge in [0.15, 0.2) is 0 Å². The third-order valence-corrected chi connectivity index (χ3v) is 3.30. The SMILES string of the molecule is CNC(C)(C)CCc1ccc(Cl)cc1Cl. The topological polar surface area (TPSA) is 12.0 Å². The number of nitrogens with one attached hydrogen (secondary N) is 1. The highest BCUT2D eigenvalue weighted by Gasteiger charge is 2.14. The second-order valence-electron chi connectivity index (χ2n) is 4.37. The summed E-state index contributed by atoms with van der Waals surface area (Å²) in [5, 5.41) is 4.72. The van der Waals surface area contributed by atoms with Crippen LogP contribution in [0.25, 0.3) is 0 Å². The first-order valence-corrected chi connectivity index (χ1v) is 5.83. The van der Waals surface area contributed by atoms with E-state index in [9.17, 15) is 0 Å². The summed E-state index contributed by atoms with van der Waals surface area (Å²) in [6.07, 6.45) is 2.01. The maximum atomic E-state index is 6.10. The number of aryl methyl sites for hydroxylation is 1. The van der Waals surface area contributed by atoms with Crippen LogP contribution < -0.4 is 5.32 Å². The molecule has 1 aromatic carbocycles. The number of rotatable bonds is 4. The highest BCUT2D eigenvalue weighted by molar-refractivity contribution is 6.35. The third-order valence-electron chi connectivity index (χ3n) is 2.71. The lowest BCUT2D eigenvalue weighted by Crippen LogP contribution is -2.36. The molecule has 1 nitrogen and oxygen atoms in total. The molecule has 3 heteroatoms. The van der Waals surface area contributed by atoms with Gasteiger partial charge in [0.05, 0.1) is 0 Å². The van der Waals surface area contributed by atoms with Crippen LogP contribution in [0.4, 0.5) is 0 Å². The van der Waals surface area contributed by atoms with Crippen molar-refractivity contribution < 1.29 is 0 Å². The van der Waals surface area contributed by atoms with E-state index >= 15 is 0 Å². The van der Waals surface area contributed by atoms with Gasteiger partial charge in [-0.2, -0.15) is 0 Å². The average molecular weight is 246 g/mol. The monoisotopic (exact) mass is 245 g/mol. The van der Waals surface area contributed by atoms with Crippen LogP contribution in [0.1, 0.15) is 25.8 Å². The van der Waals surface area contributed by atoms with E-state index in [2.05, 4.69) is 19.2 Å². The Bertz CT molecular complexity index is 334. The number of hydrogen-bond donors (Lipinski definition) is 1. The zero-order chi connectivity index (χ0) is 11.5. The number of hydrogen-bond acceptors (Lipinski definition) is 1. The predicted octanol–water partition coefficient (Wildman–Crippen LogP) is 3.92. The van der Waals surface area contributed by atoms with Gasteiger partial charge in [0.1, 0.15) is 0 Å². The van der Waals surface area contributed by atoms with E-state index in [1.54, 1.807) is 6.07 Å². The Morgan fingerprint density at radius 1 is 1.27 bits per heavy atom. The van der Waals surface area contributed by atoms with Gasteiger partial charge in [-0.3, -0.25) is 0 Å². The third kappa shape index (κ3) is 4.02. The molecule has 1 N–H and O–H groups in total. The van der Waals surface area contributed by atoms with Crippen molar-refractivity contribution in [1.29, 1.82) is 0 Å². The predicted molar refractivity (Wildman–Crippen MR) is 67.9 cm³/mol. The Kier molecular flexibility index (Phi) is 4.45. The minimum atomic E-state index is 0.142. The van der Waals surface area contributed by atoms with Gasteiger partial charge in [0.25, 0.3) is 0 Å². The van der Waals surface area contributed by atoms with Crippen molar-refractivity contribution in [2.45, 2.75) is 32.2 Å². The first-order valence-electron chi connectivity index (χ1n) is 5.07. The van der Waals surface area contributed by atoms with Gasteiger partial charge in [-0.15, -0.1) is 0 Å². The largest absolute Gasteiger partial charge is 0.315 e. The van der Waals surface area contributed by atoms with E-state index in [0.29, 0.717) is 5.02 Å². The zero-order valence-corrected chi connectivity index (χ0v) is 10.9. The van der Waals surface area contributed by atoms with Gasteiger partial charge in [-0.05, 0) is 51.4 Å². The van der Waals surface area contributed by atoms with Gasteiger partial charge < -0.3 is 5.32 Å². The molecule has 15 heavy (non-hydrogen) atoms. The summed E-state index contributed by atoms with van der Waals surface area (Å²) >= 11 is 11.9. The maximum Gasteiger partial charge on any atom is 0.0452 e. The fourth-order valence-corrected chi connectivity index (χ4v) is 1.80. The summed E-state index contributed by atoms with van der Waals surface area (Å²) < 4.78 is 0. The van der Waals surface area contributed by atoms with Gasteiger partial charge in [-0.1, -0.05) is 29.3 Å². The fourth-order valence-electron chi connectivity index (χ4n) is 1.30. The molecule has 0 aliphatic rings. The molecule has 84 valence electrons. The van der Waals surface area contributed by atoms with Gasteiger partial charge in [0.2, 0.25) is 0 Å². The summed E-state index contributed by atoms with van der Waals surface area (Å²) in [6, 6.07) is 5.68. The minimum Gasteiger partial charge on any atom is -0.315 e.